The minimum absolute atomic E-state index is 0. The van der Waals surface area contributed by atoms with Crippen LogP contribution in [0, 0.1) is 0 Å². The fraction of sp³-hybridized carbons (Fsp3) is 0.667. The van der Waals surface area contributed by atoms with Crippen LogP contribution in [-0.4, -0.2) is 93.4 Å². The molecule has 10 nitrogen and oxygen atoms in total. The molecule has 0 rings (SSSR count). The van der Waals surface area contributed by atoms with Crippen molar-refractivity contribution in [2.45, 2.75) is 12.8 Å². The molecule has 0 aromatic rings. The van der Waals surface area contributed by atoms with Crippen molar-refractivity contribution in [1.29, 1.82) is 0 Å². The zero-order chi connectivity index (χ0) is 17.1. The topological polar surface area (TPSA) is 156 Å². The van der Waals surface area contributed by atoms with Gasteiger partial charge in [-0.2, -0.15) is 0 Å². The first-order chi connectivity index (χ1) is 10.2. The normalized spacial score (nSPS) is 10.3. The molecule has 0 aromatic carbocycles. The first-order valence-electron chi connectivity index (χ1n) is 6.52. The van der Waals surface area contributed by atoms with Gasteiger partial charge in [0.15, 0.2) is 0 Å². The summed E-state index contributed by atoms with van der Waals surface area (Å²) in [4.78, 5) is 44.9. The van der Waals surface area contributed by atoms with E-state index in [1.165, 1.54) is 9.80 Å². The molecule has 4 N–H and O–H groups in total. The van der Waals surface area contributed by atoms with Gasteiger partial charge in [-0.1, -0.05) is 0 Å². The van der Waals surface area contributed by atoms with Gasteiger partial charge >= 0.3 is 23.9 Å². The van der Waals surface area contributed by atoms with E-state index in [9.17, 15) is 19.2 Å². The van der Waals surface area contributed by atoms with Gasteiger partial charge in [0.05, 0.1) is 26.2 Å². The molecule has 0 atom stereocenters. The summed E-state index contributed by atoms with van der Waals surface area (Å²) in [5.74, 6) is -4.56. The summed E-state index contributed by atoms with van der Waals surface area (Å²) < 4.78 is 0. The van der Waals surface area contributed by atoms with Crippen LogP contribution in [0.2, 0.25) is 0 Å². The molecule has 0 aromatic heterocycles. The number of aliphatic carboxylic acids is 4. The van der Waals surface area contributed by atoms with E-state index in [1.54, 1.807) is 0 Å². The Bertz CT molecular complexity index is 348. The Morgan fingerprint density at radius 1 is 0.565 bits per heavy atom. The van der Waals surface area contributed by atoms with Crippen molar-refractivity contribution in [3.05, 3.63) is 0 Å². The number of carboxylic acids is 4. The van der Waals surface area contributed by atoms with E-state index in [4.69, 9.17) is 20.4 Å². The van der Waals surface area contributed by atoms with E-state index in [0.717, 1.165) is 0 Å². The third kappa shape index (κ3) is 15.0. The fourth-order valence-electron chi connectivity index (χ4n) is 1.86. The van der Waals surface area contributed by atoms with Gasteiger partial charge in [-0.05, 0) is 25.9 Å². The van der Waals surface area contributed by atoms with Gasteiger partial charge in [-0.3, -0.25) is 29.0 Å². The molecule has 0 bridgehead atoms. The number of carboxylic acid groups (broad SMARTS) is 4. The molecule has 0 amide bonds. The molecule has 0 saturated carbocycles. The third-order valence-corrected chi connectivity index (χ3v) is 2.63. The van der Waals surface area contributed by atoms with Crippen LogP contribution in [0.1, 0.15) is 12.8 Å². The summed E-state index contributed by atoms with van der Waals surface area (Å²) in [6, 6.07) is 0. The Morgan fingerprint density at radius 2 is 0.783 bits per heavy atom. The maximum atomic E-state index is 10.6. The molecule has 23 heavy (non-hydrogen) atoms. The summed E-state index contributed by atoms with van der Waals surface area (Å²) in [5.41, 5.74) is 0. The van der Waals surface area contributed by atoms with Crippen LogP contribution < -0.4 is 0 Å². The number of hydrogen-bond donors (Lipinski definition) is 4. The molecule has 0 heterocycles. The van der Waals surface area contributed by atoms with E-state index in [1.807, 2.05) is 0 Å². The Kier molecular flexibility index (Phi) is 13.1. The summed E-state index contributed by atoms with van der Waals surface area (Å²) in [7, 11) is 0. The zero-order valence-corrected chi connectivity index (χ0v) is 13.4. The first-order valence-corrected chi connectivity index (χ1v) is 6.52. The second kappa shape index (κ2) is 12.8. The fourth-order valence-corrected chi connectivity index (χ4v) is 1.86. The molecule has 0 spiro atoms. The van der Waals surface area contributed by atoms with E-state index in [-0.39, 0.29) is 30.2 Å². The average molecular weight is 376 g/mol. The molecule has 0 saturated heterocycles. The molecule has 0 fully saturated rings. The average Bonchev–Trinajstić information content (AvgIpc) is 2.31. The monoisotopic (exact) mass is 376 g/mol. The van der Waals surface area contributed by atoms with Crippen molar-refractivity contribution < 1.29 is 56.7 Å². The maximum absolute atomic E-state index is 10.6. The molecule has 0 radical (unpaired) electrons. The van der Waals surface area contributed by atoms with Crippen LogP contribution in [0.4, 0.5) is 0 Å². The van der Waals surface area contributed by atoms with E-state index in [2.05, 4.69) is 0 Å². The second-order valence-electron chi connectivity index (χ2n) is 4.70. The van der Waals surface area contributed by atoms with Crippen molar-refractivity contribution in [3.63, 3.8) is 0 Å². The Balaban J connectivity index is 0. The molecule has 134 valence electrons. The quantitative estimate of drug-likeness (QED) is 0.225. The maximum Gasteiger partial charge on any atom is 0.317 e. The molecular formula is C12H20FeN2O8. The van der Waals surface area contributed by atoms with Crippen LogP contribution in [-0.2, 0) is 36.2 Å². The molecule has 0 aliphatic rings. The SMILES string of the molecule is O=C(O)CN(CCCCN(CC(=O)O)CC(=O)O)CC(=O)O.[Fe]. The zero-order valence-electron chi connectivity index (χ0n) is 12.3. The summed E-state index contributed by atoms with van der Waals surface area (Å²) in [5, 5.41) is 34.7. The van der Waals surface area contributed by atoms with Gasteiger partial charge in [-0.15, -0.1) is 0 Å². The van der Waals surface area contributed by atoms with Crippen LogP contribution >= 0.6 is 0 Å². The minimum Gasteiger partial charge on any atom is -0.480 e. The van der Waals surface area contributed by atoms with Crippen molar-refractivity contribution in [2.75, 3.05) is 39.3 Å². The van der Waals surface area contributed by atoms with Gasteiger partial charge in [0.1, 0.15) is 0 Å². The number of nitrogens with zero attached hydrogens (tertiary/aromatic N) is 2. The van der Waals surface area contributed by atoms with Crippen molar-refractivity contribution in [1.82, 2.24) is 9.80 Å². The van der Waals surface area contributed by atoms with Crippen LogP contribution in [0.15, 0.2) is 0 Å². The molecule has 0 aliphatic heterocycles. The Labute approximate surface area is 143 Å². The van der Waals surface area contributed by atoms with Crippen LogP contribution in [0.3, 0.4) is 0 Å². The molecular weight excluding hydrogens is 356 g/mol. The second-order valence-corrected chi connectivity index (χ2v) is 4.70. The van der Waals surface area contributed by atoms with Gasteiger partial charge in [-0.25, -0.2) is 0 Å². The van der Waals surface area contributed by atoms with E-state index >= 15 is 0 Å². The first kappa shape index (κ1) is 23.6. The van der Waals surface area contributed by atoms with Gasteiger partial charge in [0, 0.05) is 17.1 Å². The van der Waals surface area contributed by atoms with Crippen molar-refractivity contribution in [3.8, 4) is 0 Å². The number of hydrogen-bond acceptors (Lipinski definition) is 6. The largest absolute Gasteiger partial charge is 0.480 e. The summed E-state index contributed by atoms with van der Waals surface area (Å²) >= 11 is 0. The van der Waals surface area contributed by atoms with Gasteiger partial charge in [0.25, 0.3) is 0 Å². The Morgan fingerprint density at radius 3 is 0.957 bits per heavy atom. The van der Waals surface area contributed by atoms with E-state index in [0.29, 0.717) is 12.8 Å². The van der Waals surface area contributed by atoms with Gasteiger partial charge < -0.3 is 20.4 Å². The predicted octanol–water partition coefficient (Wildman–Crippen LogP) is -1.29. The Hall–Kier alpha value is -1.68. The molecule has 11 heteroatoms. The minimum atomic E-state index is -1.14. The summed E-state index contributed by atoms with van der Waals surface area (Å²) in [6.45, 7) is -1.18. The van der Waals surface area contributed by atoms with Crippen LogP contribution in [0.5, 0.6) is 0 Å². The van der Waals surface area contributed by atoms with Crippen LogP contribution in [0.25, 0.3) is 0 Å². The van der Waals surface area contributed by atoms with Gasteiger partial charge in [0.2, 0.25) is 0 Å². The van der Waals surface area contributed by atoms with E-state index < -0.39 is 50.1 Å². The number of unbranched alkanes of at least 4 members (excludes halogenated alkanes) is 1. The number of carbonyl (C=O) groups is 4. The molecule has 0 aliphatic carbocycles. The standard InChI is InChI=1S/C12H20N2O8.Fe/c15-9(16)5-13(6-10(17)18)3-1-2-4-14(7-11(19)20)8-12(21)22;/h1-8H2,(H,15,16)(H,17,18)(H,19,20)(H,21,22);. The third-order valence-electron chi connectivity index (χ3n) is 2.63. The molecule has 0 unspecified atom stereocenters. The van der Waals surface area contributed by atoms with Crippen molar-refractivity contribution in [2.24, 2.45) is 0 Å². The van der Waals surface area contributed by atoms with Crippen molar-refractivity contribution >= 4 is 23.9 Å². The smallest absolute Gasteiger partial charge is 0.317 e. The number of rotatable bonds is 13. The summed E-state index contributed by atoms with van der Waals surface area (Å²) in [6.07, 6.45) is 0.854. The predicted molar refractivity (Wildman–Crippen MR) is 72.7 cm³/mol.